The molecule has 1 aromatic carbocycles. The molecule has 0 aliphatic heterocycles. The molecule has 0 spiro atoms. The highest BCUT2D eigenvalue weighted by Gasteiger charge is 2.02. The van der Waals surface area contributed by atoms with Crippen molar-refractivity contribution >= 4 is 0 Å². The maximum absolute atomic E-state index is 4.22. The van der Waals surface area contributed by atoms with Gasteiger partial charge in [0.25, 0.3) is 0 Å². The third kappa shape index (κ3) is 4.18. The standard InChI is InChI=1S/C16H24N4/c1-14(2)19(3)12-10-17-13-15-5-7-16(8-6-15)20-11-4-9-18-20/h4-9,11,14,17H,10,12-13H2,1-3H3. The summed E-state index contributed by atoms with van der Waals surface area (Å²) in [4.78, 5) is 2.34. The van der Waals surface area contributed by atoms with E-state index < -0.39 is 0 Å². The van der Waals surface area contributed by atoms with E-state index in [1.165, 1.54) is 5.56 Å². The molecule has 1 N–H and O–H groups in total. The third-order valence-corrected chi connectivity index (χ3v) is 3.56. The molecule has 0 amide bonds. The normalized spacial score (nSPS) is 11.4. The van der Waals surface area contributed by atoms with Gasteiger partial charge < -0.3 is 10.2 Å². The van der Waals surface area contributed by atoms with Gasteiger partial charge in [-0.25, -0.2) is 4.68 Å². The van der Waals surface area contributed by atoms with E-state index in [4.69, 9.17) is 0 Å². The van der Waals surface area contributed by atoms with Crippen LogP contribution >= 0.6 is 0 Å². The van der Waals surface area contributed by atoms with E-state index in [1.807, 2.05) is 16.9 Å². The first-order chi connectivity index (χ1) is 9.66. The first-order valence-corrected chi connectivity index (χ1v) is 7.17. The van der Waals surface area contributed by atoms with Gasteiger partial charge in [0, 0.05) is 38.1 Å². The van der Waals surface area contributed by atoms with Gasteiger partial charge in [-0.05, 0) is 44.7 Å². The lowest BCUT2D eigenvalue weighted by molar-refractivity contribution is 0.273. The van der Waals surface area contributed by atoms with Crippen molar-refractivity contribution in [3.63, 3.8) is 0 Å². The van der Waals surface area contributed by atoms with E-state index in [1.54, 1.807) is 6.20 Å². The summed E-state index contributed by atoms with van der Waals surface area (Å²) in [5.41, 5.74) is 2.39. The van der Waals surface area contributed by atoms with Crippen LogP contribution in [0.4, 0.5) is 0 Å². The summed E-state index contributed by atoms with van der Waals surface area (Å²) in [6.45, 7) is 7.42. The summed E-state index contributed by atoms with van der Waals surface area (Å²) < 4.78 is 1.87. The van der Waals surface area contributed by atoms with Gasteiger partial charge in [0.05, 0.1) is 5.69 Å². The highest BCUT2D eigenvalue weighted by atomic mass is 15.3. The summed E-state index contributed by atoms with van der Waals surface area (Å²) in [7, 11) is 2.16. The quantitative estimate of drug-likeness (QED) is 0.785. The summed E-state index contributed by atoms with van der Waals surface area (Å²) in [6.07, 6.45) is 3.75. The molecule has 0 aliphatic carbocycles. The molecule has 0 saturated heterocycles. The molecule has 108 valence electrons. The number of aromatic nitrogens is 2. The van der Waals surface area contributed by atoms with E-state index in [0.717, 1.165) is 25.3 Å². The second-order valence-corrected chi connectivity index (χ2v) is 5.37. The minimum absolute atomic E-state index is 0.602. The predicted octanol–water partition coefficient (Wildman–Crippen LogP) is 2.30. The summed E-state index contributed by atoms with van der Waals surface area (Å²) in [6, 6.07) is 11.0. The van der Waals surface area contributed by atoms with Gasteiger partial charge in [-0.2, -0.15) is 5.10 Å². The average Bonchev–Trinajstić information content (AvgIpc) is 2.98. The van der Waals surface area contributed by atoms with Crippen LogP contribution in [-0.4, -0.2) is 40.9 Å². The molecule has 2 rings (SSSR count). The van der Waals surface area contributed by atoms with Gasteiger partial charge in [0.2, 0.25) is 0 Å². The van der Waals surface area contributed by atoms with Crippen molar-refractivity contribution < 1.29 is 0 Å². The molecule has 0 fully saturated rings. The van der Waals surface area contributed by atoms with Gasteiger partial charge in [0.1, 0.15) is 0 Å². The van der Waals surface area contributed by atoms with Gasteiger partial charge in [-0.15, -0.1) is 0 Å². The Labute approximate surface area is 121 Å². The average molecular weight is 272 g/mol. The smallest absolute Gasteiger partial charge is 0.0645 e. The number of rotatable bonds is 7. The minimum atomic E-state index is 0.602. The molecule has 1 heterocycles. The zero-order valence-electron chi connectivity index (χ0n) is 12.6. The Bertz CT molecular complexity index is 488. The maximum atomic E-state index is 4.22. The van der Waals surface area contributed by atoms with Crippen LogP contribution < -0.4 is 5.32 Å². The van der Waals surface area contributed by atoms with Crippen molar-refractivity contribution in [1.29, 1.82) is 0 Å². The molecule has 4 nitrogen and oxygen atoms in total. The molecule has 20 heavy (non-hydrogen) atoms. The van der Waals surface area contributed by atoms with Crippen LogP contribution in [0, 0.1) is 0 Å². The fourth-order valence-corrected chi connectivity index (χ4v) is 1.93. The number of likely N-dealkylation sites (N-methyl/N-ethyl adjacent to an activating group) is 1. The molecule has 2 aromatic rings. The molecule has 4 heteroatoms. The van der Waals surface area contributed by atoms with Crippen molar-refractivity contribution in [3.05, 3.63) is 48.3 Å². The van der Waals surface area contributed by atoms with Crippen LogP contribution in [0.5, 0.6) is 0 Å². The molecule has 0 saturated carbocycles. The SMILES string of the molecule is CC(C)N(C)CCNCc1ccc(-n2cccn2)cc1. The molecular weight excluding hydrogens is 248 g/mol. The lowest BCUT2D eigenvalue weighted by Crippen LogP contribution is -2.33. The minimum Gasteiger partial charge on any atom is -0.311 e. The summed E-state index contributed by atoms with van der Waals surface area (Å²) in [5.74, 6) is 0. The van der Waals surface area contributed by atoms with Gasteiger partial charge >= 0.3 is 0 Å². The van der Waals surface area contributed by atoms with Crippen molar-refractivity contribution in [3.8, 4) is 5.69 Å². The topological polar surface area (TPSA) is 33.1 Å². The van der Waals surface area contributed by atoms with Crippen LogP contribution in [0.15, 0.2) is 42.7 Å². The van der Waals surface area contributed by atoms with Crippen molar-refractivity contribution in [2.45, 2.75) is 26.4 Å². The number of nitrogens with one attached hydrogen (secondary N) is 1. The Morgan fingerprint density at radius 3 is 2.60 bits per heavy atom. The largest absolute Gasteiger partial charge is 0.311 e. The Kier molecular flexibility index (Phi) is 5.32. The highest BCUT2D eigenvalue weighted by Crippen LogP contribution is 2.08. The van der Waals surface area contributed by atoms with Gasteiger partial charge in [0.15, 0.2) is 0 Å². The Balaban J connectivity index is 1.77. The molecule has 0 atom stereocenters. The zero-order valence-corrected chi connectivity index (χ0v) is 12.6. The van der Waals surface area contributed by atoms with E-state index in [2.05, 4.69) is 60.5 Å². The van der Waals surface area contributed by atoms with Crippen molar-refractivity contribution in [2.24, 2.45) is 0 Å². The molecule has 0 unspecified atom stereocenters. The molecule has 0 aliphatic rings. The Hall–Kier alpha value is -1.65. The second-order valence-electron chi connectivity index (χ2n) is 5.37. The molecule has 1 aromatic heterocycles. The summed E-state index contributed by atoms with van der Waals surface area (Å²) >= 11 is 0. The van der Waals surface area contributed by atoms with Crippen LogP contribution in [0.1, 0.15) is 19.4 Å². The lowest BCUT2D eigenvalue weighted by atomic mass is 10.2. The highest BCUT2D eigenvalue weighted by molar-refractivity contribution is 5.33. The summed E-state index contributed by atoms with van der Waals surface area (Å²) in [5, 5.41) is 7.70. The van der Waals surface area contributed by atoms with E-state index in [-0.39, 0.29) is 0 Å². The fourth-order valence-electron chi connectivity index (χ4n) is 1.93. The lowest BCUT2D eigenvalue weighted by Gasteiger charge is -2.20. The second kappa shape index (κ2) is 7.22. The zero-order chi connectivity index (χ0) is 14.4. The van der Waals surface area contributed by atoms with Crippen LogP contribution in [0.3, 0.4) is 0 Å². The molecule has 0 radical (unpaired) electrons. The molecular formula is C16H24N4. The Morgan fingerprint density at radius 2 is 2.00 bits per heavy atom. The van der Waals surface area contributed by atoms with Gasteiger partial charge in [-0.3, -0.25) is 0 Å². The maximum Gasteiger partial charge on any atom is 0.0645 e. The fraction of sp³-hybridized carbons (Fsp3) is 0.438. The number of hydrogen-bond acceptors (Lipinski definition) is 3. The number of nitrogens with zero attached hydrogens (tertiary/aromatic N) is 3. The van der Waals surface area contributed by atoms with Crippen LogP contribution in [-0.2, 0) is 6.54 Å². The molecule has 0 bridgehead atoms. The van der Waals surface area contributed by atoms with E-state index >= 15 is 0 Å². The van der Waals surface area contributed by atoms with Crippen LogP contribution in [0.2, 0.25) is 0 Å². The van der Waals surface area contributed by atoms with Crippen molar-refractivity contribution in [1.82, 2.24) is 20.0 Å². The first kappa shape index (κ1) is 14.8. The number of hydrogen-bond donors (Lipinski definition) is 1. The Morgan fingerprint density at radius 1 is 1.25 bits per heavy atom. The number of benzene rings is 1. The van der Waals surface area contributed by atoms with Crippen molar-refractivity contribution in [2.75, 3.05) is 20.1 Å². The third-order valence-electron chi connectivity index (χ3n) is 3.56. The van der Waals surface area contributed by atoms with Crippen LogP contribution in [0.25, 0.3) is 5.69 Å². The first-order valence-electron chi connectivity index (χ1n) is 7.17. The van der Waals surface area contributed by atoms with E-state index in [0.29, 0.717) is 6.04 Å². The van der Waals surface area contributed by atoms with E-state index in [9.17, 15) is 0 Å². The van der Waals surface area contributed by atoms with Gasteiger partial charge in [-0.1, -0.05) is 12.1 Å². The monoisotopic (exact) mass is 272 g/mol. The predicted molar refractivity (Wildman–Crippen MR) is 83.0 cm³/mol.